The zero-order valence-electron chi connectivity index (χ0n) is 13.9. The summed E-state index contributed by atoms with van der Waals surface area (Å²) < 4.78 is 5.71. The highest BCUT2D eigenvalue weighted by Crippen LogP contribution is 2.60. The van der Waals surface area contributed by atoms with Crippen LogP contribution in [0.1, 0.15) is 61.6 Å². The maximum atomic E-state index is 12.4. The van der Waals surface area contributed by atoms with Crippen molar-refractivity contribution in [2.45, 2.75) is 58.3 Å². The highest BCUT2D eigenvalue weighted by Gasteiger charge is 2.55. The summed E-state index contributed by atoms with van der Waals surface area (Å²) in [6, 6.07) is 4.34. The molecule has 0 N–H and O–H groups in total. The van der Waals surface area contributed by atoms with E-state index in [4.69, 9.17) is 4.74 Å². The van der Waals surface area contributed by atoms with E-state index in [-0.39, 0.29) is 5.41 Å². The predicted octanol–water partition coefficient (Wildman–Crippen LogP) is 4.43. The van der Waals surface area contributed by atoms with E-state index >= 15 is 0 Å². The first-order chi connectivity index (χ1) is 10.6. The van der Waals surface area contributed by atoms with Gasteiger partial charge in [-0.05, 0) is 74.0 Å². The lowest BCUT2D eigenvalue weighted by Crippen LogP contribution is -2.42. The molecule has 3 aliphatic carbocycles. The summed E-state index contributed by atoms with van der Waals surface area (Å²) in [4.78, 5) is 12.4. The van der Waals surface area contributed by atoms with E-state index in [1.54, 1.807) is 7.11 Å². The molecule has 2 fully saturated rings. The van der Waals surface area contributed by atoms with Crippen molar-refractivity contribution >= 4 is 5.78 Å². The van der Waals surface area contributed by atoms with Crippen molar-refractivity contribution in [1.29, 1.82) is 0 Å². The minimum Gasteiger partial charge on any atom is -0.496 e. The van der Waals surface area contributed by atoms with Gasteiger partial charge in [0.15, 0.2) is 0 Å². The number of ether oxygens (including phenoxy) is 1. The molecule has 0 aromatic heterocycles. The van der Waals surface area contributed by atoms with Crippen LogP contribution in [-0.2, 0) is 11.2 Å². The number of ketones is 1. The summed E-state index contributed by atoms with van der Waals surface area (Å²) in [5.41, 5.74) is 4.37. The maximum absolute atomic E-state index is 12.4. The van der Waals surface area contributed by atoms with Crippen LogP contribution in [0.25, 0.3) is 0 Å². The minimum atomic E-state index is -0.0320. The predicted molar refractivity (Wildman–Crippen MR) is 87.4 cm³/mol. The van der Waals surface area contributed by atoms with Gasteiger partial charge in [-0.25, -0.2) is 0 Å². The Morgan fingerprint density at radius 2 is 2.00 bits per heavy atom. The molecule has 0 heterocycles. The average Bonchev–Trinajstić information content (AvgIpc) is 2.83. The normalized spacial score (nSPS) is 36.5. The fourth-order valence-electron chi connectivity index (χ4n) is 5.80. The Kier molecular flexibility index (Phi) is 3.15. The number of aryl methyl sites for hydroxylation is 1. The number of carbonyl (C=O) groups is 1. The van der Waals surface area contributed by atoms with Gasteiger partial charge >= 0.3 is 0 Å². The third-order valence-corrected chi connectivity index (χ3v) is 7.02. The molecule has 1 aromatic carbocycles. The molecule has 0 aliphatic heterocycles. The lowest BCUT2D eigenvalue weighted by molar-refractivity contribution is -0.129. The molecule has 4 atom stereocenters. The Labute approximate surface area is 133 Å². The molecule has 0 radical (unpaired) electrons. The van der Waals surface area contributed by atoms with Crippen LogP contribution in [0, 0.1) is 24.2 Å². The molecule has 1 aromatic rings. The van der Waals surface area contributed by atoms with Gasteiger partial charge < -0.3 is 4.74 Å². The second kappa shape index (κ2) is 4.84. The second-order valence-electron chi connectivity index (χ2n) is 7.81. The van der Waals surface area contributed by atoms with Crippen molar-refractivity contribution in [2.75, 3.05) is 7.11 Å². The molecular weight excluding hydrogens is 272 g/mol. The van der Waals surface area contributed by atoms with Gasteiger partial charge in [-0.2, -0.15) is 0 Å². The number of hydrogen-bond acceptors (Lipinski definition) is 2. The number of hydrogen-bond donors (Lipinski definition) is 0. The van der Waals surface area contributed by atoms with Crippen molar-refractivity contribution in [3.63, 3.8) is 0 Å². The summed E-state index contributed by atoms with van der Waals surface area (Å²) in [7, 11) is 1.79. The quantitative estimate of drug-likeness (QED) is 0.766. The van der Waals surface area contributed by atoms with E-state index < -0.39 is 0 Å². The highest BCUT2D eigenvalue weighted by atomic mass is 16.5. The van der Waals surface area contributed by atoms with Gasteiger partial charge in [0.25, 0.3) is 0 Å². The molecule has 0 bridgehead atoms. The minimum absolute atomic E-state index is 0.0320. The molecule has 3 aliphatic rings. The standard InChI is InChI=1S/C20H26O2/c1-12-4-8-17(22-3)19-13(12)5-6-14-15(19)10-11-20(2)16(14)7-9-18(20)21/h4,8,14-16H,5-7,9-11H2,1-3H3/t14-,15+,16+,20+/m0/s1. The molecule has 2 saturated carbocycles. The highest BCUT2D eigenvalue weighted by molar-refractivity contribution is 5.87. The van der Waals surface area contributed by atoms with Crippen LogP contribution in [0.3, 0.4) is 0 Å². The van der Waals surface area contributed by atoms with E-state index in [0.29, 0.717) is 23.5 Å². The zero-order valence-corrected chi connectivity index (χ0v) is 13.9. The number of fused-ring (bicyclic) bond motifs is 5. The van der Waals surface area contributed by atoms with Crippen molar-refractivity contribution in [3.05, 3.63) is 28.8 Å². The van der Waals surface area contributed by atoms with Crippen LogP contribution in [-0.4, -0.2) is 12.9 Å². The largest absolute Gasteiger partial charge is 0.496 e. The van der Waals surface area contributed by atoms with Crippen LogP contribution in [0.4, 0.5) is 0 Å². The SMILES string of the molecule is COc1ccc(C)c2c1[C@@H]1CC[C@@]3(C)C(=O)CC[C@@H]3[C@H]1CC2. The lowest BCUT2D eigenvalue weighted by Gasteiger charge is -2.48. The van der Waals surface area contributed by atoms with Crippen LogP contribution >= 0.6 is 0 Å². The molecule has 0 saturated heterocycles. The van der Waals surface area contributed by atoms with E-state index in [2.05, 4.69) is 26.0 Å². The van der Waals surface area contributed by atoms with Crippen molar-refractivity contribution in [1.82, 2.24) is 0 Å². The van der Waals surface area contributed by atoms with E-state index in [0.717, 1.165) is 37.9 Å². The fraction of sp³-hybridized carbons (Fsp3) is 0.650. The second-order valence-corrected chi connectivity index (χ2v) is 7.81. The van der Waals surface area contributed by atoms with Gasteiger partial charge in [0.1, 0.15) is 11.5 Å². The Bertz CT molecular complexity index is 633. The summed E-state index contributed by atoms with van der Waals surface area (Å²) in [6.07, 6.45) is 6.53. The molecule has 0 amide bonds. The number of methoxy groups -OCH3 is 1. The first kappa shape index (κ1) is 14.3. The van der Waals surface area contributed by atoms with Crippen molar-refractivity contribution in [3.8, 4) is 5.75 Å². The number of Topliss-reactive ketones (excluding diaryl/α,β-unsaturated/α-hetero) is 1. The average molecular weight is 298 g/mol. The topological polar surface area (TPSA) is 26.3 Å². The van der Waals surface area contributed by atoms with E-state index in [9.17, 15) is 4.79 Å². The molecular formula is C20H26O2. The number of carbonyl (C=O) groups excluding carboxylic acids is 1. The number of benzene rings is 1. The molecule has 22 heavy (non-hydrogen) atoms. The molecule has 118 valence electrons. The summed E-state index contributed by atoms with van der Waals surface area (Å²) in [5, 5.41) is 0. The zero-order chi connectivity index (χ0) is 15.5. The smallest absolute Gasteiger partial charge is 0.139 e. The Morgan fingerprint density at radius 3 is 2.77 bits per heavy atom. The van der Waals surface area contributed by atoms with Crippen LogP contribution < -0.4 is 4.74 Å². The van der Waals surface area contributed by atoms with Gasteiger partial charge in [0, 0.05) is 17.4 Å². The van der Waals surface area contributed by atoms with Gasteiger partial charge in [0.05, 0.1) is 7.11 Å². The molecule has 4 rings (SSSR count). The molecule has 0 spiro atoms. The third-order valence-electron chi connectivity index (χ3n) is 7.02. The van der Waals surface area contributed by atoms with Gasteiger partial charge in [0.2, 0.25) is 0 Å². The lowest BCUT2D eigenvalue weighted by atomic mass is 9.55. The summed E-state index contributed by atoms with van der Waals surface area (Å²) >= 11 is 0. The fourth-order valence-corrected chi connectivity index (χ4v) is 5.80. The van der Waals surface area contributed by atoms with Crippen molar-refractivity contribution in [2.24, 2.45) is 17.3 Å². The van der Waals surface area contributed by atoms with Crippen LogP contribution in [0.5, 0.6) is 5.75 Å². The van der Waals surface area contributed by atoms with Gasteiger partial charge in [-0.3, -0.25) is 4.79 Å². The monoisotopic (exact) mass is 298 g/mol. The number of rotatable bonds is 1. The first-order valence-corrected chi connectivity index (χ1v) is 8.76. The van der Waals surface area contributed by atoms with Crippen molar-refractivity contribution < 1.29 is 9.53 Å². The molecule has 0 unspecified atom stereocenters. The summed E-state index contributed by atoms with van der Waals surface area (Å²) in [6.45, 7) is 4.47. The van der Waals surface area contributed by atoms with E-state index in [1.165, 1.54) is 23.1 Å². The van der Waals surface area contributed by atoms with Gasteiger partial charge in [-0.1, -0.05) is 13.0 Å². The Morgan fingerprint density at radius 1 is 1.18 bits per heavy atom. The van der Waals surface area contributed by atoms with Crippen LogP contribution in [0.2, 0.25) is 0 Å². The van der Waals surface area contributed by atoms with E-state index in [1.807, 2.05) is 0 Å². The Hall–Kier alpha value is -1.31. The first-order valence-electron chi connectivity index (χ1n) is 8.76. The van der Waals surface area contributed by atoms with Gasteiger partial charge in [-0.15, -0.1) is 0 Å². The molecule has 2 heteroatoms. The summed E-state index contributed by atoms with van der Waals surface area (Å²) in [5.74, 6) is 3.47. The third kappa shape index (κ3) is 1.76. The molecule has 2 nitrogen and oxygen atoms in total. The Balaban J connectivity index is 1.79. The van der Waals surface area contributed by atoms with Crippen LogP contribution in [0.15, 0.2) is 12.1 Å². The maximum Gasteiger partial charge on any atom is 0.139 e.